The molecule has 3 aromatic rings. The second kappa shape index (κ2) is 10.5. The van der Waals surface area contributed by atoms with Crippen molar-refractivity contribution in [2.24, 2.45) is 0 Å². The van der Waals surface area contributed by atoms with E-state index in [2.05, 4.69) is 10.2 Å². The number of benzene rings is 1. The number of nitrogen functional groups attached to an aromatic ring is 1. The third kappa shape index (κ3) is 5.32. The quantitative estimate of drug-likeness (QED) is 0.254. The van der Waals surface area contributed by atoms with Gasteiger partial charge in [-0.2, -0.15) is 0 Å². The van der Waals surface area contributed by atoms with E-state index < -0.39 is 0 Å². The Morgan fingerprint density at radius 1 is 1.20 bits per heavy atom. The van der Waals surface area contributed by atoms with E-state index in [4.69, 9.17) is 25.1 Å². The van der Waals surface area contributed by atoms with Crippen molar-refractivity contribution in [1.29, 1.82) is 0 Å². The van der Waals surface area contributed by atoms with Crippen molar-refractivity contribution in [2.75, 3.05) is 32.7 Å². The number of nitrogens with zero attached hydrogens (tertiary/aromatic N) is 4. The lowest BCUT2D eigenvalue weighted by atomic mass is 9.84. The molecule has 10 heteroatoms. The minimum atomic E-state index is -0.305. The van der Waals surface area contributed by atoms with Crippen LogP contribution in [0, 0.1) is 13.8 Å². The van der Waals surface area contributed by atoms with Crippen LogP contribution in [0.15, 0.2) is 12.1 Å². The van der Waals surface area contributed by atoms with Gasteiger partial charge >= 0.3 is 5.95 Å². The summed E-state index contributed by atoms with van der Waals surface area (Å²) in [6.45, 7) is 12.5. The minimum Gasteiger partial charge on any atom is -0.493 e. The number of carbonyl (C=O) groups is 1. The highest BCUT2D eigenvalue weighted by Gasteiger charge is 2.28. The van der Waals surface area contributed by atoms with Gasteiger partial charge in [0, 0.05) is 35.3 Å². The van der Waals surface area contributed by atoms with Gasteiger partial charge in [-0.3, -0.25) is 10.5 Å². The Morgan fingerprint density at radius 2 is 1.91 bits per heavy atom. The Hall–Kier alpha value is -3.40. The van der Waals surface area contributed by atoms with Crippen molar-refractivity contribution in [3.8, 4) is 17.4 Å². The summed E-state index contributed by atoms with van der Waals surface area (Å²) in [6.07, 6.45) is 0.468. The second-order valence-corrected chi connectivity index (χ2v) is 9.39. The third-order valence-corrected chi connectivity index (χ3v) is 5.83. The Balaban J connectivity index is 2.03. The first-order valence-corrected chi connectivity index (χ1v) is 11.7. The van der Waals surface area contributed by atoms with Gasteiger partial charge in [0.05, 0.1) is 20.3 Å². The molecule has 2 aromatic heterocycles. The van der Waals surface area contributed by atoms with Crippen molar-refractivity contribution in [1.82, 2.24) is 14.7 Å². The first-order valence-electron chi connectivity index (χ1n) is 11.7. The Morgan fingerprint density at radius 3 is 2.51 bits per heavy atom. The molecule has 0 fully saturated rings. The second-order valence-electron chi connectivity index (χ2n) is 9.39. The molecule has 0 unspecified atom stereocenters. The van der Waals surface area contributed by atoms with Gasteiger partial charge in [0.25, 0.3) is 5.65 Å². The van der Waals surface area contributed by atoms with Crippen LogP contribution in [0.3, 0.4) is 0 Å². The molecule has 190 valence electrons. The normalized spacial score (nSPS) is 11.7. The maximum Gasteiger partial charge on any atom is 0.401 e. The summed E-state index contributed by atoms with van der Waals surface area (Å²) < 4.78 is 20.1. The zero-order valence-corrected chi connectivity index (χ0v) is 21.6. The molecular weight excluding hydrogens is 450 g/mol. The molecule has 0 spiro atoms. The van der Waals surface area contributed by atoms with Gasteiger partial charge in [-0.25, -0.2) is 0 Å². The largest absolute Gasteiger partial charge is 0.493 e. The molecule has 10 nitrogen and oxygen atoms in total. The third-order valence-electron chi connectivity index (χ3n) is 5.83. The molecule has 1 aromatic carbocycles. The standard InChI is InChI=1S/C25H35N5O5/c1-8-34-23-16(3)15(2)22-27-29(24(26)30(22)28-23)14-19(32)17-12-18(25(4,5)6)21(33-7)20(13-17)35-11-9-10-31/h12-13,26,31H,8-11,14H2,1-7H3/p+1. The lowest BCUT2D eigenvalue weighted by Gasteiger charge is -2.25. The van der Waals surface area contributed by atoms with Crippen molar-refractivity contribution in [2.45, 2.75) is 59.9 Å². The zero-order valence-electron chi connectivity index (χ0n) is 21.6. The number of Topliss-reactive ketones (excluding diaryl/α,β-unsaturated/α-hetero) is 1. The molecule has 35 heavy (non-hydrogen) atoms. The number of nitrogens with two attached hydrogens (primary N) is 1. The summed E-state index contributed by atoms with van der Waals surface area (Å²) in [5, 5.41) is 18.2. The average molecular weight is 487 g/mol. The number of aromatic nitrogens is 4. The number of fused-ring (bicyclic) bond motifs is 1. The van der Waals surface area contributed by atoms with Gasteiger partial charge in [-0.1, -0.05) is 35.5 Å². The summed E-state index contributed by atoms with van der Waals surface area (Å²) in [5.41, 5.74) is 9.63. The minimum absolute atomic E-state index is 0.00873. The molecule has 2 heterocycles. The number of aryl methyl sites for hydroxylation is 1. The highest BCUT2D eigenvalue weighted by Crippen LogP contribution is 2.40. The molecule has 3 rings (SSSR count). The highest BCUT2D eigenvalue weighted by atomic mass is 16.5. The molecule has 0 aliphatic rings. The molecule has 0 aliphatic carbocycles. The molecule has 0 radical (unpaired) electrons. The van der Waals surface area contributed by atoms with Gasteiger partial charge in [0.15, 0.2) is 23.8 Å². The molecule has 0 atom stereocenters. The van der Waals surface area contributed by atoms with Gasteiger partial charge in [-0.15, -0.1) is 4.68 Å². The number of aliphatic hydroxyl groups is 1. The van der Waals surface area contributed by atoms with Crippen LogP contribution >= 0.6 is 0 Å². The van der Waals surface area contributed by atoms with E-state index >= 15 is 0 Å². The molecule has 3 N–H and O–H groups in total. The zero-order chi connectivity index (χ0) is 25.9. The molecule has 0 saturated heterocycles. The molecule has 0 amide bonds. The van der Waals surface area contributed by atoms with Crippen LogP contribution < -0.4 is 24.6 Å². The predicted molar refractivity (Wildman–Crippen MR) is 131 cm³/mol. The van der Waals surface area contributed by atoms with Crippen molar-refractivity contribution in [3.63, 3.8) is 0 Å². The highest BCUT2D eigenvalue weighted by molar-refractivity contribution is 5.96. The summed E-state index contributed by atoms with van der Waals surface area (Å²) >= 11 is 0. The summed E-state index contributed by atoms with van der Waals surface area (Å²) in [5.74, 6) is 1.55. The van der Waals surface area contributed by atoms with Crippen LogP contribution in [-0.4, -0.2) is 52.5 Å². The van der Waals surface area contributed by atoms with E-state index in [0.717, 1.165) is 16.7 Å². The van der Waals surface area contributed by atoms with Crippen LogP contribution in [0.2, 0.25) is 0 Å². The summed E-state index contributed by atoms with van der Waals surface area (Å²) in [4.78, 5) is 13.4. The predicted octanol–water partition coefficient (Wildman–Crippen LogP) is 2.56. The van der Waals surface area contributed by atoms with E-state index in [0.29, 0.717) is 48.2 Å². The first-order chi connectivity index (χ1) is 16.5. The Kier molecular flexibility index (Phi) is 7.84. The fourth-order valence-corrected chi connectivity index (χ4v) is 3.75. The number of ketones is 1. The van der Waals surface area contributed by atoms with Crippen molar-refractivity contribution >= 4 is 17.4 Å². The number of aliphatic hydroxyl groups excluding tert-OH is 1. The van der Waals surface area contributed by atoms with Crippen molar-refractivity contribution in [3.05, 3.63) is 34.4 Å². The number of ether oxygens (including phenoxy) is 3. The molecule has 0 aliphatic heterocycles. The molecular formula is C25H36N5O5+. The van der Waals surface area contributed by atoms with Crippen LogP contribution in [-0.2, 0) is 12.0 Å². The van der Waals surface area contributed by atoms with Crippen LogP contribution in [0.5, 0.6) is 17.4 Å². The van der Waals surface area contributed by atoms with E-state index in [9.17, 15) is 4.79 Å². The fourth-order valence-electron chi connectivity index (χ4n) is 3.75. The van der Waals surface area contributed by atoms with Crippen LogP contribution in [0.25, 0.3) is 5.65 Å². The average Bonchev–Trinajstić information content (AvgIpc) is 3.11. The summed E-state index contributed by atoms with van der Waals surface area (Å²) in [7, 11) is 1.58. The maximum atomic E-state index is 13.4. The Labute approximate surface area is 205 Å². The van der Waals surface area contributed by atoms with E-state index in [1.54, 1.807) is 13.2 Å². The van der Waals surface area contributed by atoms with E-state index in [1.807, 2.05) is 47.6 Å². The smallest absolute Gasteiger partial charge is 0.401 e. The van der Waals surface area contributed by atoms with Crippen LogP contribution in [0.1, 0.15) is 61.2 Å². The maximum absolute atomic E-state index is 13.4. The first kappa shape index (κ1) is 26.2. The molecule has 0 saturated carbocycles. The van der Waals surface area contributed by atoms with Gasteiger partial charge in [-0.05, 0) is 38.3 Å². The summed E-state index contributed by atoms with van der Waals surface area (Å²) in [6, 6.07) is 3.49. The van der Waals surface area contributed by atoms with Gasteiger partial charge in [0.2, 0.25) is 5.88 Å². The van der Waals surface area contributed by atoms with E-state index in [1.165, 1.54) is 9.20 Å². The molecule has 0 bridgehead atoms. The van der Waals surface area contributed by atoms with Gasteiger partial charge in [0.1, 0.15) is 0 Å². The topological polar surface area (TPSA) is 125 Å². The number of hydrogen-bond acceptors (Lipinski definition) is 8. The van der Waals surface area contributed by atoms with Crippen molar-refractivity contribution < 1.29 is 28.8 Å². The lowest BCUT2D eigenvalue weighted by molar-refractivity contribution is -0.723. The Bertz CT molecular complexity index is 1230. The number of hydrogen-bond donors (Lipinski definition) is 2. The number of anilines is 1. The number of methoxy groups -OCH3 is 1. The monoisotopic (exact) mass is 486 g/mol. The number of rotatable bonds is 10. The fraction of sp³-hybridized carbons (Fsp3) is 0.520. The SMILES string of the molecule is CCOc1nn2c(N)[n+](CC(=O)c3cc(OCCCO)c(OC)c(C(C)(C)C)c3)nc2c(C)c1C. The number of carbonyl (C=O) groups excluding carboxylic acids is 1. The van der Waals surface area contributed by atoms with Crippen LogP contribution in [0.4, 0.5) is 5.95 Å². The lowest BCUT2D eigenvalue weighted by Crippen LogP contribution is -2.42. The van der Waals surface area contributed by atoms with Gasteiger partial charge < -0.3 is 19.3 Å². The van der Waals surface area contributed by atoms with E-state index in [-0.39, 0.29) is 30.3 Å².